The van der Waals surface area contributed by atoms with Crippen LogP contribution in [0, 0.1) is 5.92 Å². The Morgan fingerprint density at radius 1 is 1.40 bits per heavy atom. The van der Waals surface area contributed by atoms with Crippen LogP contribution >= 0.6 is 0 Å². The minimum atomic E-state index is -2.83. The second-order valence-corrected chi connectivity index (χ2v) is 7.05. The van der Waals surface area contributed by atoms with E-state index in [2.05, 4.69) is 17.1 Å². The number of hydrogen-bond donors (Lipinski definition) is 1. The molecule has 2 heterocycles. The third-order valence-corrected chi connectivity index (χ3v) is 5.54. The highest BCUT2D eigenvalue weighted by Crippen LogP contribution is 2.24. The third kappa shape index (κ3) is 2.52. The van der Waals surface area contributed by atoms with E-state index >= 15 is 0 Å². The van der Waals surface area contributed by atoms with Gasteiger partial charge in [0.1, 0.15) is 5.37 Å². The summed E-state index contributed by atoms with van der Waals surface area (Å²) in [5, 5.41) is 3.15. The fraction of sp³-hybridized carbons (Fsp3) is 1.00. The number of sulfone groups is 1. The van der Waals surface area contributed by atoms with Gasteiger partial charge in [-0.2, -0.15) is 0 Å². The van der Waals surface area contributed by atoms with Gasteiger partial charge in [-0.15, -0.1) is 0 Å². The minimum Gasteiger partial charge on any atom is -0.315 e. The van der Waals surface area contributed by atoms with Gasteiger partial charge in [-0.1, -0.05) is 6.92 Å². The molecule has 0 amide bonds. The smallest absolute Gasteiger partial charge is 0.166 e. The highest BCUT2D eigenvalue weighted by molar-refractivity contribution is 7.92. The van der Waals surface area contributed by atoms with E-state index in [1.54, 1.807) is 0 Å². The lowest BCUT2D eigenvalue weighted by atomic mass is 10.1. The van der Waals surface area contributed by atoms with Crippen molar-refractivity contribution in [3.05, 3.63) is 0 Å². The molecule has 0 aliphatic carbocycles. The Morgan fingerprint density at radius 2 is 2.20 bits per heavy atom. The summed E-state index contributed by atoms with van der Waals surface area (Å²) in [6, 6.07) is 0. The molecule has 2 unspecified atom stereocenters. The van der Waals surface area contributed by atoms with Crippen LogP contribution in [0.1, 0.15) is 19.8 Å². The fourth-order valence-electron chi connectivity index (χ4n) is 2.57. The molecule has 2 aliphatic rings. The molecular weight excluding hydrogens is 212 g/mol. The lowest BCUT2D eigenvalue weighted by molar-refractivity contribution is 0.237. The predicted molar refractivity (Wildman–Crippen MR) is 60.4 cm³/mol. The molecule has 2 fully saturated rings. The van der Waals surface area contributed by atoms with E-state index in [4.69, 9.17) is 0 Å². The van der Waals surface area contributed by atoms with Gasteiger partial charge in [-0.05, 0) is 25.3 Å². The highest BCUT2D eigenvalue weighted by atomic mass is 32.2. The lowest BCUT2D eigenvalue weighted by Gasteiger charge is -2.27. The molecule has 2 aliphatic heterocycles. The third-order valence-electron chi connectivity index (χ3n) is 3.32. The van der Waals surface area contributed by atoms with Crippen LogP contribution in [0.5, 0.6) is 0 Å². The van der Waals surface area contributed by atoms with Gasteiger partial charge in [0, 0.05) is 19.6 Å². The highest BCUT2D eigenvalue weighted by Gasteiger charge is 2.36. The van der Waals surface area contributed by atoms with E-state index in [9.17, 15) is 8.42 Å². The average Bonchev–Trinajstić information content (AvgIpc) is 2.38. The van der Waals surface area contributed by atoms with Crippen LogP contribution in [0.15, 0.2) is 0 Å². The SMILES string of the molecule is CC1CNCCN(C2CCCS2(=O)=O)C1. The van der Waals surface area contributed by atoms with Crippen molar-refractivity contribution in [1.82, 2.24) is 10.2 Å². The van der Waals surface area contributed by atoms with Gasteiger partial charge in [0.15, 0.2) is 9.84 Å². The van der Waals surface area contributed by atoms with E-state index < -0.39 is 9.84 Å². The maximum absolute atomic E-state index is 11.8. The molecule has 0 spiro atoms. The van der Waals surface area contributed by atoms with Crippen molar-refractivity contribution in [1.29, 1.82) is 0 Å². The zero-order valence-corrected chi connectivity index (χ0v) is 10.1. The summed E-state index contributed by atoms with van der Waals surface area (Å²) in [4.78, 5) is 2.16. The summed E-state index contributed by atoms with van der Waals surface area (Å²) in [6.07, 6.45) is 1.67. The van der Waals surface area contributed by atoms with E-state index in [1.807, 2.05) is 0 Å². The van der Waals surface area contributed by atoms with Crippen LogP contribution in [-0.2, 0) is 9.84 Å². The van der Waals surface area contributed by atoms with Crippen molar-refractivity contribution >= 4 is 9.84 Å². The first-order valence-electron chi connectivity index (χ1n) is 5.76. The van der Waals surface area contributed by atoms with Crippen LogP contribution < -0.4 is 5.32 Å². The maximum atomic E-state index is 11.8. The lowest BCUT2D eigenvalue weighted by Crippen LogP contribution is -2.41. The van der Waals surface area contributed by atoms with Crippen molar-refractivity contribution in [2.75, 3.05) is 31.9 Å². The van der Waals surface area contributed by atoms with Gasteiger partial charge in [0.05, 0.1) is 5.75 Å². The molecule has 1 N–H and O–H groups in total. The van der Waals surface area contributed by atoms with Crippen molar-refractivity contribution in [2.45, 2.75) is 25.1 Å². The molecule has 4 nitrogen and oxygen atoms in total. The molecule has 15 heavy (non-hydrogen) atoms. The monoisotopic (exact) mass is 232 g/mol. The number of hydrogen-bond acceptors (Lipinski definition) is 4. The Kier molecular flexibility index (Phi) is 3.33. The minimum absolute atomic E-state index is 0.195. The largest absolute Gasteiger partial charge is 0.315 e. The molecule has 2 rings (SSSR count). The summed E-state index contributed by atoms with van der Waals surface area (Å²) in [7, 11) is -2.83. The first-order valence-corrected chi connectivity index (χ1v) is 7.47. The van der Waals surface area contributed by atoms with E-state index in [0.29, 0.717) is 11.7 Å². The topological polar surface area (TPSA) is 49.4 Å². The van der Waals surface area contributed by atoms with Crippen LogP contribution in [0.2, 0.25) is 0 Å². The first-order chi connectivity index (χ1) is 7.09. The van der Waals surface area contributed by atoms with Gasteiger partial charge >= 0.3 is 0 Å². The van der Waals surface area contributed by atoms with Gasteiger partial charge in [0.25, 0.3) is 0 Å². The summed E-state index contributed by atoms with van der Waals surface area (Å²) in [5.41, 5.74) is 0. The van der Waals surface area contributed by atoms with Crippen molar-refractivity contribution in [3.63, 3.8) is 0 Å². The Labute approximate surface area is 91.9 Å². The zero-order chi connectivity index (χ0) is 10.9. The summed E-state index contributed by atoms with van der Waals surface area (Å²) < 4.78 is 23.6. The van der Waals surface area contributed by atoms with Crippen molar-refractivity contribution in [2.24, 2.45) is 5.92 Å². The summed E-state index contributed by atoms with van der Waals surface area (Å²) in [6.45, 7) is 5.87. The number of rotatable bonds is 1. The molecular formula is C10H20N2O2S. The second kappa shape index (κ2) is 4.39. The summed E-state index contributed by atoms with van der Waals surface area (Å²) in [5.74, 6) is 0.930. The normalized spacial score (nSPS) is 37.7. The molecule has 2 saturated heterocycles. The Hall–Kier alpha value is -0.130. The van der Waals surface area contributed by atoms with E-state index in [-0.39, 0.29) is 5.37 Å². The van der Waals surface area contributed by atoms with Crippen LogP contribution in [-0.4, -0.2) is 50.6 Å². The van der Waals surface area contributed by atoms with Gasteiger partial charge in [0.2, 0.25) is 0 Å². The van der Waals surface area contributed by atoms with Crippen molar-refractivity contribution < 1.29 is 8.42 Å². The van der Waals surface area contributed by atoms with E-state index in [1.165, 1.54) is 0 Å². The van der Waals surface area contributed by atoms with Gasteiger partial charge in [-0.25, -0.2) is 8.42 Å². The molecule has 5 heteroatoms. The zero-order valence-electron chi connectivity index (χ0n) is 9.28. The van der Waals surface area contributed by atoms with E-state index in [0.717, 1.165) is 39.0 Å². The maximum Gasteiger partial charge on any atom is 0.166 e. The Balaban J connectivity index is 2.08. The van der Waals surface area contributed by atoms with Crippen LogP contribution in [0.4, 0.5) is 0 Å². The molecule has 0 aromatic heterocycles. The van der Waals surface area contributed by atoms with Crippen LogP contribution in [0.3, 0.4) is 0 Å². The Bertz CT molecular complexity index is 315. The van der Waals surface area contributed by atoms with Crippen molar-refractivity contribution in [3.8, 4) is 0 Å². The molecule has 0 aromatic carbocycles. The molecule has 0 aromatic rings. The quantitative estimate of drug-likeness (QED) is 0.695. The molecule has 0 radical (unpaired) electrons. The summed E-state index contributed by atoms with van der Waals surface area (Å²) >= 11 is 0. The van der Waals surface area contributed by atoms with Gasteiger partial charge in [-0.3, -0.25) is 4.90 Å². The first kappa shape index (κ1) is 11.4. The molecule has 0 saturated carbocycles. The Morgan fingerprint density at radius 3 is 2.87 bits per heavy atom. The fourth-order valence-corrected chi connectivity index (χ4v) is 4.59. The molecule has 2 atom stereocenters. The molecule has 0 bridgehead atoms. The standard InChI is InChI=1S/C10H20N2O2S/c1-9-7-11-4-5-12(8-9)10-3-2-6-15(10,13)14/h9-11H,2-8H2,1H3. The van der Waals surface area contributed by atoms with Crippen LogP contribution in [0.25, 0.3) is 0 Å². The number of nitrogens with one attached hydrogen (secondary N) is 1. The predicted octanol–water partition coefficient (Wildman–Crippen LogP) is 0.0624. The average molecular weight is 232 g/mol. The number of nitrogens with zero attached hydrogens (tertiary/aromatic N) is 1. The molecule has 88 valence electrons. The van der Waals surface area contributed by atoms with Gasteiger partial charge < -0.3 is 5.32 Å². The second-order valence-electron chi connectivity index (χ2n) is 4.77.